The van der Waals surface area contributed by atoms with Gasteiger partial charge in [-0.1, -0.05) is 115 Å². The van der Waals surface area contributed by atoms with E-state index in [1.807, 2.05) is 36.4 Å². The highest BCUT2D eigenvalue weighted by atomic mass is 15.0. The maximum atomic E-state index is 10.5. The fourth-order valence-corrected chi connectivity index (χ4v) is 8.89. The number of rotatable bonds is 4. The van der Waals surface area contributed by atoms with Gasteiger partial charge in [0, 0.05) is 38.2 Å². The number of hydrogen-bond donors (Lipinski definition) is 0. The van der Waals surface area contributed by atoms with Gasteiger partial charge < -0.3 is 13.7 Å². The van der Waals surface area contributed by atoms with E-state index in [4.69, 9.17) is 6.57 Å². The van der Waals surface area contributed by atoms with Crippen LogP contribution in [0.25, 0.3) is 98.5 Å². The smallest absolute Gasteiger partial charge is 0.211 e. The zero-order valence-corrected chi connectivity index (χ0v) is 29.5. The Hall–Kier alpha value is -7.86. The predicted octanol–water partition coefficient (Wildman–Crippen LogP) is 13.1. The first-order valence-corrected chi connectivity index (χ1v) is 18.3. The Morgan fingerprint density at radius 2 is 0.945 bits per heavy atom. The van der Waals surface area contributed by atoms with Gasteiger partial charge >= 0.3 is 0 Å². The molecule has 0 fully saturated rings. The Balaban J connectivity index is 1.13. The minimum absolute atomic E-state index is 0.573. The molecule has 0 amide bonds. The number of nitrogens with zero attached hydrogens (tertiary/aromatic N) is 5. The van der Waals surface area contributed by atoms with Crippen LogP contribution in [0.1, 0.15) is 5.56 Å². The molecule has 0 N–H and O–H groups in total. The third-order valence-electron chi connectivity index (χ3n) is 11.1. The molecule has 0 atom stereocenters. The molecule has 11 rings (SSSR count). The summed E-state index contributed by atoms with van der Waals surface area (Å²) in [5, 5.41) is 17.4. The van der Waals surface area contributed by atoms with Gasteiger partial charge in [0.1, 0.15) is 0 Å². The number of fused-ring (bicyclic) bond motifs is 9. The van der Waals surface area contributed by atoms with E-state index in [0.29, 0.717) is 11.3 Å². The molecule has 0 radical (unpaired) electrons. The van der Waals surface area contributed by atoms with Gasteiger partial charge in [-0.3, -0.25) is 0 Å². The Bertz CT molecular complexity index is 3400. The summed E-state index contributed by atoms with van der Waals surface area (Å²) in [7, 11) is 0. The second-order valence-corrected chi connectivity index (χ2v) is 13.9. The van der Waals surface area contributed by atoms with Gasteiger partial charge in [-0.2, -0.15) is 5.26 Å². The van der Waals surface area contributed by atoms with Crippen molar-refractivity contribution in [1.29, 1.82) is 5.26 Å². The quantitative estimate of drug-likeness (QED) is 0.169. The third-order valence-corrected chi connectivity index (χ3v) is 11.1. The lowest BCUT2D eigenvalue weighted by atomic mass is 9.97. The second kappa shape index (κ2) is 11.8. The predicted molar refractivity (Wildman–Crippen MR) is 226 cm³/mol. The SMILES string of the molecule is [C-]#[N+]c1cccc2c3ccccc3n(-c3cccc(C#N)c3-c3ccc(-n4c5ccccc5c5c(-n6c7ccccc7c7ccccc76)cccc54)cc3)c12. The van der Waals surface area contributed by atoms with E-state index < -0.39 is 0 Å². The Labute approximate surface area is 316 Å². The Kier molecular flexibility index (Phi) is 6.61. The van der Waals surface area contributed by atoms with Crippen molar-refractivity contribution in [3.05, 3.63) is 193 Å². The lowest BCUT2D eigenvalue weighted by Crippen LogP contribution is -2.00. The molecule has 0 aliphatic rings. The number of benzene rings is 8. The van der Waals surface area contributed by atoms with Crippen molar-refractivity contribution in [3.8, 4) is 34.3 Å². The maximum Gasteiger partial charge on any atom is 0.211 e. The summed E-state index contributed by atoms with van der Waals surface area (Å²) in [6, 6.07) is 63.5. The van der Waals surface area contributed by atoms with Crippen molar-refractivity contribution >= 4 is 71.1 Å². The Morgan fingerprint density at radius 3 is 1.60 bits per heavy atom. The minimum atomic E-state index is 0.573. The summed E-state index contributed by atoms with van der Waals surface area (Å²) in [5.41, 5.74) is 12.3. The molecule has 5 heteroatoms. The fourth-order valence-electron chi connectivity index (χ4n) is 8.89. The summed E-state index contributed by atoms with van der Waals surface area (Å²) in [6.45, 7) is 8.04. The summed E-state index contributed by atoms with van der Waals surface area (Å²) in [5.74, 6) is 0. The van der Waals surface area contributed by atoms with Crippen molar-refractivity contribution in [1.82, 2.24) is 13.7 Å². The van der Waals surface area contributed by atoms with Crippen LogP contribution in [0.5, 0.6) is 0 Å². The van der Waals surface area contributed by atoms with Crippen LogP contribution in [0, 0.1) is 17.9 Å². The van der Waals surface area contributed by atoms with Crippen LogP contribution < -0.4 is 0 Å². The first-order valence-electron chi connectivity index (χ1n) is 18.3. The molecule has 0 aliphatic heterocycles. The van der Waals surface area contributed by atoms with Gasteiger partial charge in [-0.15, -0.1) is 0 Å². The van der Waals surface area contributed by atoms with E-state index >= 15 is 0 Å². The van der Waals surface area contributed by atoms with Crippen molar-refractivity contribution in [2.75, 3.05) is 0 Å². The van der Waals surface area contributed by atoms with Crippen molar-refractivity contribution in [3.63, 3.8) is 0 Å². The molecule has 8 aromatic carbocycles. The molecular formula is C50H29N5. The van der Waals surface area contributed by atoms with Gasteiger partial charge in [0.05, 0.1) is 62.7 Å². The van der Waals surface area contributed by atoms with Crippen molar-refractivity contribution < 1.29 is 0 Å². The van der Waals surface area contributed by atoms with Gasteiger partial charge in [-0.05, 0) is 71.6 Å². The molecule has 0 aliphatic carbocycles. The van der Waals surface area contributed by atoms with Gasteiger partial charge in [0.15, 0.2) is 0 Å². The van der Waals surface area contributed by atoms with E-state index in [2.05, 4.69) is 164 Å². The van der Waals surface area contributed by atoms with Crippen molar-refractivity contribution in [2.45, 2.75) is 0 Å². The molecule has 254 valence electrons. The monoisotopic (exact) mass is 699 g/mol. The molecule has 0 spiro atoms. The average molecular weight is 700 g/mol. The lowest BCUT2D eigenvalue weighted by molar-refractivity contribution is 1.16. The maximum absolute atomic E-state index is 10.5. The van der Waals surface area contributed by atoms with Crippen LogP contribution in [0.15, 0.2) is 176 Å². The molecule has 0 saturated carbocycles. The molecule has 0 bridgehead atoms. The van der Waals surface area contributed by atoms with Crippen LogP contribution in [0.4, 0.5) is 5.69 Å². The zero-order valence-electron chi connectivity index (χ0n) is 29.5. The minimum Gasteiger partial charge on any atom is -0.318 e. The standard InChI is InChI=1S/C50H29N5/c1-52-40-19-11-18-38-37-16-4-8-22-43(37)55(50(38)40)45-24-10-13-33(31-51)48(45)32-27-29-34(30-28-32)53-44-23-9-5-17-39(44)49-46(53)25-12-26-47(49)54-41-20-6-2-14-35(41)36-15-3-7-21-42(36)54/h2-30H. The first kappa shape index (κ1) is 30.7. The molecule has 3 heterocycles. The molecule has 0 saturated heterocycles. The third kappa shape index (κ3) is 4.33. The Morgan fingerprint density at radius 1 is 0.436 bits per heavy atom. The second-order valence-electron chi connectivity index (χ2n) is 13.9. The van der Waals surface area contributed by atoms with E-state index in [1.165, 1.54) is 32.6 Å². The highest BCUT2D eigenvalue weighted by Crippen LogP contribution is 2.43. The topological polar surface area (TPSA) is 42.9 Å². The van der Waals surface area contributed by atoms with E-state index in [9.17, 15) is 5.26 Å². The molecular weight excluding hydrogens is 671 g/mol. The zero-order chi connectivity index (χ0) is 36.6. The summed E-state index contributed by atoms with van der Waals surface area (Å²) in [6.07, 6.45) is 0. The van der Waals surface area contributed by atoms with Gasteiger partial charge in [0.25, 0.3) is 0 Å². The van der Waals surface area contributed by atoms with Crippen LogP contribution in [0.3, 0.4) is 0 Å². The number of nitriles is 1. The molecule has 0 unspecified atom stereocenters. The molecule has 3 aromatic heterocycles. The number of para-hydroxylation sites is 5. The van der Waals surface area contributed by atoms with Crippen LogP contribution >= 0.6 is 0 Å². The summed E-state index contributed by atoms with van der Waals surface area (Å²) < 4.78 is 6.91. The summed E-state index contributed by atoms with van der Waals surface area (Å²) in [4.78, 5) is 3.93. The highest BCUT2D eigenvalue weighted by Gasteiger charge is 2.22. The van der Waals surface area contributed by atoms with Crippen LogP contribution in [-0.2, 0) is 0 Å². The molecule has 55 heavy (non-hydrogen) atoms. The van der Waals surface area contributed by atoms with Gasteiger partial charge in [0.2, 0.25) is 5.69 Å². The number of hydrogen-bond acceptors (Lipinski definition) is 1. The van der Waals surface area contributed by atoms with Crippen molar-refractivity contribution in [2.24, 2.45) is 0 Å². The van der Waals surface area contributed by atoms with Crippen LogP contribution in [-0.4, -0.2) is 13.7 Å². The molecule has 5 nitrogen and oxygen atoms in total. The van der Waals surface area contributed by atoms with E-state index in [1.54, 1.807) is 0 Å². The normalized spacial score (nSPS) is 11.6. The first-order chi connectivity index (χ1) is 27.2. The lowest BCUT2D eigenvalue weighted by Gasteiger charge is -2.17. The fraction of sp³-hybridized carbons (Fsp3) is 0. The van der Waals surface area contributed by atoms with Gasteiger partial charge in [-0.25, -0.2) is 4.85 Å². The summed E-state index contributed by atoms with van der Waals surface area (Å²) >= 11 is 0. The number of aromatic nitrogens is 3. The van der Waals surface area contributed by atoms with Crippen LogP contribution in [0.2, 0.25) is 0 Å². The van der Waals surface area contributed by atoms with E-state index in [0.717, 1.165) is 61.0 Å². The highest BCUT2D eigenvalue weighted by molar-refractivity contribution is 6.17. The molecule has 11 aromatic rings. The van der Waals surface area contributed by atoms with E-state index in [-0.39, 0.29) is 0 Å². The largest absolute Gasteiger partial charge is 0.318 e. The average Bonchev–Trinajstić information content (AvgIpc) is 3.89.